The van der Waals surface area contributed by atoms with Crippen LogP contribution < -0.4 is 10.3 Å². The number of hydrogen-bond donors (Lipinski definition) is 0. The van der Waals surface area contributed by atoms with Crippen molar-refractivity contribution in [1.82, 2.24) is 4.57 Å². The molecular formula is C14H11BrF3NO2. The van der Waals surface area contributed by atoms with Gasteiger partial charge < -0.3 is 9.30 Å². The number of benzene rings is 1. The van der Waals surface area contributed by atoms with E-state index < -0.39 is 17.4 Å². The predicted octanol–water partition coefficient (Wildman–Crippen LogP) is 3.71. The molecule has 0 fully saturated rings. The van der Waals surface area contributed by atoms with Gasteiger partial charge in [0.05, 0.1) is 6.54 Å². The molecule has 3 nitrogen and oxygen atoms in total. The molecule has 1 heterocycles. The first-order chi connectivity index (χ1) is 9.88. The van der Waals surface area contributed by atoms with E-state index in [0.29, 0.717) is 10.3 Å². The summed E-state index contributed by atoms with van der Waals surface area (Å²) in [6, 6.07) is 9.94. The van der Waals surface area contributed by atoms with Crippen LogP contribution in [0.2, 0.25) is 0 Å². The Hall–Kier alpha value is -1.76. The third-order valence-electron chi connectivity index (χ3n) is 2.74. The van der Waals surface area contributed by atoms with E-state index >= 15 is 0 Å². The zero-order valence-corrected chi connectivity index (χ0v) is 12.3. The van der Waals surface area contributed by atoms with Crippen LogP contribution in [-0.2, 0) is 12.7 Å². The van der Waals surface area contributed by atoms with Crippen molar-refractivity contribution in [3.05, 3.63) is 63.0 Å². The number of alkyl halides is 3. The average molecular weight is 362 g/mol. The summed E-state index contributed by atoms with van der Waals surface area (Å²) in [6.45, 7) is -0.209. The Morgan fingerprint density at radius 3 is 2.38 bits per heavy atom. The van der Waals surface area contributed by atoms with Gasteiger partial charge in [0, 0.05) is 10.5 Å². The predicted molar refractivity (Wildman–Crippen MR) is 75.3 cm³/mol. The Morgan fingerprint density at radius 2 is 1.76 bits per heavy atom. The molecule has 0 N–H and O–H groups in total. The van der Waals surface area contributed by atoms with E-state index in [4.69, 9.17) is 4.74 Å². The van der Waals surface area contributed by atoms with Crippen LogP contribution in [-0.4, -0.2) is 11.2 Å². The molecule has 0 unspecified atom stereocenters. The summed E-state index contributed by atoms with van der Waals surface area (Å²) in [5.41, 5.74) is -1.68. The van der Waals surface area contributed by atoms with Gasteiger partial charge in [-0.25, -0.2) is 0 Å². The fraction of sp³-hybridized carbons (Fsp3) is 0.214. The monoisotopic (exact) mass is 361 g/mol. The highest BCUT2D eigenvalue weighted by atomic mass is 79.9. The topological polar surface area (TPSA) is 31.2 Å². The van der Waals surface area contributed by atoms with E-state index in [9.17, 15) is 18.0 Å². The quantitative estimate of drug-likeness (QED) is 0.831. The lowest BCUT2D eigenvalue weighted by atomic mass is 10.3. The van der Waals surface area contributed by atoms with E-state index in [0.717, 1.165) is 22.7 Å². The standard InChI is InChI=1S/C14H11BrF3NO2/c15-10-4-6-11(7-5-10)21-9-8-19-12(14(16,17)18)2-1-3-13(19)20/h1-7H,8-9H2. The number of halogens is 4. The first-order valence-corrected chi connectivity index (χ1v) is 6.82. The van der Waals surface area contributed by atoms with E-state index in [1.165, 1.54) is 0 Å². The molecule has 0 aliphatic heterocycles. The molecule has 0 saturated carbocycles. The van der Waals surface area contributed by atoms with Crippen molar-refractivity contribution in [2.24, 2.45) is 0 Å². The molecule has 2 rings (SSSR count). The van der Waals surface area contributed by atoms with Gasteiger partial charge in [0.2, 0.25) is 0 Å². The van der Waals surface area contributed by atoms with Crippen molar-refractivity contribution in [3.63, 3.8) is 0 Å². The van der Waals surface area contributed by atoms with Gasteiger partial charge in [-0.15, -0.1) is 0 Å². The van der Waals surface area contributed by atoms with Crippen LogP contribution >= 0.6 is 15.9 Å². The van der Waals surface area contributed by atoms with Gasteiger partial charge in [-0.2, -0.15) is 13.2 Å². The third-order valence-corrected chi connectivity index (χ3v) is 3.27. The van der Waals surface area contributed by atoms with Crippen molar-refractivity contribution in [2.45, 2.75) is 12.7 Å². The lowest BCUT2D eigenvalue weighted by molar-refractivity contribution is -0.144. The Labute approximate surface area is 127 Å². The Balaban J connectivity index is 2.10. The second kappa shape index (κ2) is 6.34. The van der Waals surface area contributed by atoms with Crippen LogP contribution in [0.25, 0.3) is 0 Å². The highest BCUT2D eigenvalue weighted by Crippen LogP contribution is 2.28. The fourth-order valence-corrected chi connectivity index (χ4v) is 2.05. The molecule has 0 bridgehead atoms. The molecule has 0 saturated heterocycles. The zero-order valence-electron chi connectivity index (χ0n) is 10.7. The summed E-state index contributed by atoms with van der Waals surface area (Å²) in [4.78, 5) is 11.6. The smallest absolute Gasteiger partial charge is 0.431 e. The van der Waals surface area contributed by atoms with Gasteiger partial charge >= 0.3 is 6.18 Å². The molecule has 2 aromatic rings. The number of pyridine rings is 1. The van der Waals surface area contributed by atoms with Crippen LogP contribution in [0.4, 0.5) is 13.2 Å². The second-order valence-corrected chi connectivity index (χ2v) is 5.12. The van der Waals surface area contributed by atoms with Crippen LogP contribution in [0.5, 0.6) is 5.75 Å². The van der Waals surface area contributed by atoms with Crippen LogP contribution in [0.1, 0.15) is 5.69 Å². The van der Waals surface area contributed by atoms with Crippen molar-refractivity contribution < 1.29 is 17.9 Å². The van der Waals surface area contributed by atoms with Crippen LogP contribution in [0, 0.1) is 0 Å². The molecule has 112 valence electrons. The maximum absolute atomic E-state index is 12.8. The number of ether oxygens (including phenoxy) is 1. The van der Waals surface area contributed by atoms with Crippen LogP contribution in [0.15, 0.2) is 51.7 Å². The molecule has 0 radical (unpaired) electrons. The summed E-state index contributed by atoms with van der Waals surface area (Å²) in [5, 5.41) is 0. The van der Waals surface area contributed by atoms with Gasteiger partial charge in [-0.3, -0.25) is 4.79 Å². The average Bonchev–Trinajstić information content (AvgIpc) is 2.41. The zero-order chi connectivity index (χ0) is 15.5. The third kappa shape index (κ3) is 4.10. The Bertz CT molecular complexity index is 665. The Kier molecular flexibility index (Phi) is 4.72. The maximum atomic E-state index is 12.8. The first kappa shape index (κ1) is 15.6. The van der Waals surface area contributed by atoms with Gasteiger partial charge in [-0.1, -0.05) is 22.0 Å². The molecule has 0 atom stereocenters. The van der Waals surface area contributed by atoms with E-state index in [1.54, 1.807) is 24.3 Å². The number of nitrogens with zero attached hydrogens (tertiary/aromatic N) is 1. The summed E-state index contributed by atoms with van der Waals surface area (Å²) in [5.74, 6) is 0.524. The SMILES string of the molecule is O=c1cccc(C(F)(F)F)n1CCOc1ccc(Br)cc1. The number of rotatable bonds is 4. The van der Waals surface area contributed by atoms with Crippen molar-refractivity contribution in [3.8, 4) is 5.75 Å². The van der Waals surface area contributed by atoms with E-state index in [1.807, 2.05) is 0 Å². The van der Waals surface area contributed by atoms with Crippen LogP contribution in [0.3, 0.4) is 0 Å². The summed E-state index contributed by atoms with van der Waals surface area (Å²) >= 11 is 3.27. The van der Waals surface area contributed by atoms with Gasteiger partial charge in [0.15, 0.2) is 0 Å². The Morgan fingerprint density at radius 1 is 1.10 bits per heavy atom. The minimum atomic E-state index is -4.57. The van der Waals surface area contributed by atoms with Gasteiger partial charge in [0.25, 0.3) is 5.56 Å². The van der Waals surface area contributed by atoms with Crippen molar-refractivity contribution in [2.75, 3.05) is 6.61 Å². The molecule has 0 amide bonds. The van der Waals surface area contributed by atoms with Crippen molar-refractivity contribution in [1.29, 1.82) is 0 Å². The molecule has 21 heavy (non-hydrogen) atoms. The number of hydrogen-bond acceptors (Lipinski definition) is 2. The van der Waals surface area contributed by atoms with E-state index in [2.05, 4.69) is 15.9 Å². The summed E-state index contributed by atoms with van der Waals surface area (Å²) in [6.07, 6.45) is -4.57. The maximum Gasteiger partial charge on any atom is 0.431 e. The lowest BCUT2D eigenvalue weighted by Crippen LogP contribution is -2.29. The summed E-state index contributed by atoms with van der Waals surface area (Å²) in [7, 11) is 0. The normalized spacial score (nSPS) is 11.4. The number of aromatic nitrogens is 1. The molecule has 7 heteroatoms. The summed E-state index contributed by atoms with van der Waals surface area (Å²) < 4.78 is 45.3. The minimum Gasteiger partial charge on any atom is -0.492 e. The molecule has 0 aliphatic rings. The molecule has 1 aromatic heterocycles. The highest BCUT2D eigenvalue weighted by Gasteiger charge is 2.33. The highest BCUT2D eigenvalue weighted by molar-refractivity contribution is 9.10. The lowest BCUT2D eigenvalue weighted by Gasteiger charge is -2.15. The van der Waals surface area contributed by atoms with Gasteiger partial charge in [-0.05, 0) is 30.3 Å². The minimum absolute atomic E-state index is 0.0331. The molecule has 0 aliphatic carbocycles. The molecular weight excluding hydrogens is 351 g/mol. The van der Waals surface area contributed by atoms with Gasteiger partial charge in [0.1, 0.15) is 18.1 Å². The largest absolute Gasteiger partial charge is 0.492 e. The molecule has 1 aromatic carbocycles. The van der Waals surface area contributed by atoms with E-state index in [-0.39, 0.29) is 13.2 Å². The fourth-order valence-electron chi connectivity index (χ4n) is 1.78. The molecule has 0 spiro atoms. The second-order valence-electron chi connectivity index (χ2n) is 4.20. The first-order valence-electron chi connectivity index (χ1n) is 6.03. The van der Waals surface area contributed by atoms with Crippen molar-refractivity contribution >= 4 is 15.9 Å².